The summed E-state index contributed by atoms with van der Waals surface area (Å²) < 4.78 is 12.8. The molecule has 1 aromatic heterocycles. The molecule has 2 N–H and O–H groups in total. The fourth-order valence-electron chi connectivity index (χ4n) is 1.93. The second-order valence-electron chi connectivity index (χ2n) is 4.41. The summed E-state index contributed by atoms with van der Waals surface area (Å²) in [5.74, 6) is -0.309. The van der Waals surface area contributed by atoms with Gasteiger partial charge in [-0.3, -0.25) is 4.79 Å². The monoisotopic (exact) mass is 269 g/mol. The van der Waals surface area contributed by atoms with E-state index in [1.807, 2.05) is 24.3 Å². The van der Waals surface area contributed by atoms with Crippen LogP contribution in [0.15, 0.2) is 48.5 Å². The van der Waals surface area contributed by atoms with Crippen molar-refractivity contribution in [2.45, 2.75) is 6.54 Å². The first kappa shape index (κ1) is 12.3. The van der Waals surface area contributed by atoms with Crippen LogP contribution in [0.25, 0.3) is 11.0 Å². The lowest BCUT2D eigenvalue weighted by Gasteiger charge is -2.03. The predicted octanol–water partition coefficient (Wildman–Crippen LogP) is 2.63. The van der Waals surface area contributed by atoms with Gasteiger partial charge in [0.05, 0.1) is 11.0 Å². The summed E-state index contributed by atoms with van der Waals surface area (Å²) in [7, 11) is 0. The minimum atomic E-state index is -0.294. The van der Waals surface area contributed by atoms with E-state index in [0.717, 1.165) is 16.6 Å². The smallest absolute Gasteiger partial charge is 0.287 e. The maximum atomic E-state index is 12.8. The highest BCUT2D eigenvalue weighted by atomic mass is 19.1. The van der Waals surface area contributed by atoms with E-state index < -0.39 is 0 Å². The minimum absolute atomic E-state index is 0.272. The Kier molecular flexibility index (Phi) is 3.16. The fraction of sp³-hybridized carbons (Fsp3) is 0.0667. The zero-order chi connectivity index (χ0) is 13.9. The second-order valence-corrected chi connectivity index (χ2v) is 4.41. The van der Waals surface area contributed by atoms with E-state index >= 15 is 0 Å². The van der Waals surface area contributed by atoms with Crippen molar-refractivity contribution in [3.8, 4) is 0 Å². The molecule has 0 spiro atoms. The van der Waals surface area contributed by atoms with Crippen molar-refractivity contribution in [2.24, 2.45) is 0 Å². The Labute approximate surface area is 114 Å². The Morgan fingerprint density at radius 1 is 1.15 bits per heavy atom. The molecule has 1 heterocycles. The standard InChI is InChI=1S/C15H12FN3O/c16-11-7-5-10(6-8-11)9-17-15(20)14-18-12-3-1-2-4-13(12)19-14/h1-8H,9H2,(H,17,20)(H,18,19). The third-order valence-corrected chi connectivity index (χ3v) is 2.97. The molecule has 100 valence electrons. The molecule has 0 aliphatic rings. The number of para-hydroxylation sites is 2. The molecule has 2 aromatic carbocycles. The topological polar surface area (TPSA) is 57.8 Å². The molecular formula is C15H12FN3O. The molecular weight excluding hydrogens is 257 g/mol. The normalized spacial score (nSPS) is 10.7. The number of benzene rings is 2. The van der Waals surface area contributed by atoms with Crippen LogP contribution in [0.2, 0.25) is 0 Å². The van der Waals surface area contributed by atoms with E-state index in [1.54, 1.807) is 12.1 Å². The summed E-state index contributed by atoms with van der Waals surface area (Å²) >= 11 is 0. The van der Waals surface area contributed by atoms with E-state index in [0.29, 0.717) is 6.54 Å². The van der Waals surface area contributed by atoms with Gasteiger partial charge in [0.2, 0.25) is 0 Å². The van der Waals surface area contributed by atoms with Gasteiger partial charge in [0.1, 0.15) is 5.82 Å². The number of nitrogens with zero attached hydrogens (tertiary/aromatic N) is 1. The highest BCUT2D eigenvalue weighted by Gasteiger charge is 2.10. The number of amides is 1. The van der Waals surface area contributed by atoms with Crippen molar-refractivity contribution >= 4 is 16.9 Å². The fourth-order valence-corrected chi connectivity index (χ4v) is 1.93. The minimum Gasteiger partial charge on any atom is -0.345 e. The number of aromatic nitrogens is 2. The number of aromatic amines is 1. The van der Waals surface area contributed by atoms with Crippen LogP contribution < -0.4 is 5.32 Å². The molecule has 0 bridgehead atoms. The maximum absolute atomic E-state index is 12.8. The van der Waals surface area contributed by atoms with Crippen molar-refractivity contribution in [3.63, 3.8) is 0 Å². The number of fused-ring (bicyclic) bond motifs is 1. The number of carbonyl (C=O) groups excluding carboxylic acids is 1. The predicted molar refractivity (Wildman–Crippen MR) is 73.7 cm³/mol. The van der Waals surface area contributed by atoms with Crippen LogP contribution in [0.4, 0.5) is 4.39 Å². The number of halogens is 1. The zero-order valence-electron chi connectivity index (χ0n) is 10.6. The third kappa shape index (κ3) is 2.51. The van der Waals surface area contributed by atoms with Gasteiger partial charge in [0.15, 0.2) is 5.82 Å². The van der Waals surface area contributed by atoms with Gasteiger partial charge in [-0.1, -0.05) is 24.3 Å². The molecule has 4 nitrogen and oxygen atoms in total. The van der Waals surface area contributed by atoms with E-state index in [9.17, 15) is 9.18 Å². The molecule has 0 aliphatic heterocycles. The molecule has 0 saturated carbocycles. The summed E-state index contributed by atoms with van der Waals surface area (Å²) in [4.78, 5) is 19.1. The van der Waals surface area contributed by atoms with Gasteiger partial charge in [0, 0.05) is 6.54 Å². The Morgan fingerprint density at radius 3 is 2.65 bits per heavy atom. The highest BCUT2D eigenvalue weighted by molar-refractivity contribution is 5.94. The van der Waals surface area contributed by atoms with Crippen molar-refractivity contribution in [1.82, 2.24) is 15.3 Å². The van der Waals surface area contributed by atoms with Crippen molar-refractivity contribution < 1.29 is 9.18 Å². The number of H-pyrrole nitrogens is 1. The molecule has 1 amide bonds. The lowest BCUT2D eigenvalue weighted by Crippen LogP contribution is -2.23. The van der Waals surface area contributed by atoms with Gasteiger partial charge in [-0.05, 0) is 29.8 Å². The second kappa shape index (κ2) is 5.13. The Morgan fingerprint density at radius 2 is 1.90 bits per heavy atom. The number of imidazole rings is 1. The van der Waals surface area contributed by atoms with Crippen LogP contribution in [0.3, 0.4) is 0 Å². The first-order chi connectivity index (χ1) is 9.72. The largest absolute Gasteiger partial charge is 0.345 e. The van der Waals surface area contributed by atoms with E-state index in [2.05, 4.69) is 15.3 Å². The lowest BCUT2D eigenvalue weighted by molar-refractivity contribution is 0.0942. The SMILES string of the molecule is O=C(NCc1ccc(F)cc1)c1nc2ccccc2[nH]1. The number of hydrogen-bond donors (Lipinski definition) is 2. The van der Waals surface area contributed by atoms with Gasteiger partial charge in [-0.2, -0.15) is 0 Å². The average molecular weight is 269 g/mol. The molecule has 5 heteroatoms. The van der Waals surface area contributed by atoms with E-state index in [1.165, 1.54) is 12.1 Å². The number of nitrogens with one attached hydrogen (secondary N) is 2. The molecule has 0 fully saturated rings. The van der Waals surface area contributed by atoms with Gasteiger partial charge in [-0.25, -0.2) is 9.37 Å². The number of hydrogen-bond acceptors (Lipinski definition) is 2. The van der Waals surface area contributed by atoms with Crippen LogP contribution in [0.5, 0.6) is 0 Å². The van der Waals surface area contributed by atoms with Gasteiger partial charge < -0.3 is 10.3 Å². The molecule has 0 aliphatic carbocycles. The number of rotatable bonds is 3. The molecule has 3 aromatic rings. The Balaban J connectivity index is 1.71. The van der Waals surface area contributed by atoms with E-state index in [-0.39, 0.29) is 17.5 Å². The van der Waals surface area contributed by atoms with Gasteiger partial charge in [0.25, 0.3) is 5.91 Å². The number of carbonyl (C=O) groups is 1. The van der Waals surface area contributed by atoms with Crippen molar-refractivity contribution in [3.05, 3.63) is 65.7 Å². The maximum Gasteiger partial charge on any atom is 0.287 e. The van der Waals surface area contributed by atoms with Crippen molar-refractivity contribution in [2.75, 3.05) is 0 Å². The highest BCUT2D eigenvalue weighted by Crippen LogP contribution is 2.10. The summed E-state index contributed by atoms with van der Waals surface area (Å²) in [5.41, 5.74) is 2.40. The van der Waals surface area contributed by atoms with Crippen molar-refractivity contribution in [1.29, 1.82) is 0 Å². The molecule has 0 saturated heterocycles. The van der Waals surface area contributed by atoms with Crippen LogP contribution >= 0.6 is 0 Å². The molecule has 20 heavy (non-hydrogen) atoms. The first-order valence-corrected chi connectivity index (χ1v) is 6.20. The Bertz CT molecular complexity index is 716. The summed E-state index contributed by atoms with van der Waals surface area (Å²) in [5, 5.41) is 2.74. The Hall–Kier alpha value is -2.69. The molecule has 3 rings (SSSR count). The third-order valence-electron chi connectivity index (χ3n) is 2.97. The summed E-state index contributed by atoms with van der Waals surface area (Å²) in [6.07, 6.45) is 0. The van der Waals surface area contributed by atoms with E-state index in [4.69, 9.17) is 0 Å². The zero-order valence-corrected chi connectivity index (χ0v) is 10.6. The van der Waals surface area contributed by atoms with Crippen LogP contribution in [-0.4, -0.2) is 15.9 Å². The van der Waals surface area contributed by atoms with Crippen LogP contribution in [0, 0.1) is 5.82 Å². The molecule has 0 atom stereocenters. The van der Waals surface area contributed by atoms with Gasteiger partial charge in [-0.15, -0.1) is 0 Å². The average Bonchev–Trinajstić information content (AvgIpc) is 2.90. The van der Waals surface area contributed by atoms with Crippen LogP contribution in [-0.2, 0) is 6.54 Å². The summed E-state index contributed by atoms with van der Waals surface area (Å²) in [6, 6.07) is 13.4. The van der Waals surface area contributed by atoms with Crippen LogP contribution in [0.1, 0.15) is 16.2 Å². The molecule has 0 unspecified atom stereocenters. The van der Waals surface area contributed by atoms with Gasteiger partial charge >= 0.3 is 0 Å². The molecule has 0 radical (unpaired) electrons. The summed E-state index contributed by atoms with van der Waals surface area (Å²) in [6.45, 7) is 0.330. The first-order valence-electron chi connectivity index (χ1n) is 6.20. The lowest BCUT2D eigenvalue weighted by atomic mass is 10.2. The quantitative estimate of drug-likeness (QED) is 0.768.